The number of urea groups is 1. The lowest BCUT2D eigenvalue weighted by Crippen LogP contribution is -2.57. The number of carboxylic acid groups (broad SMARTS) is 1. The van der Waals surface area contributed by atoms with Crippen LogP contribution in [0.1, 0.15) is 27.7 Å². The van der Waals surface area contributed by atoms with Gasteiger partial charge in [0.1, 0.15) is 0 Å². The summed E-state index contributed by atoms with van der Waals surface area (Å²) in [5.41, 5.74) is -1.90. The maximum Gasteiger partial charge on any atom is 0.321 e. The summed E-state index contributed by atoms with van der Waals surface area (Å²) in [4.78, 5) is 34.0. The molecule has 0 aliphatic heterocycles. The van der Waals surface area contributed by atoms with Crippen LogP contribution in [0, 0.1) is 5.41 Å². The summed E-state index contributed by atoms with van der Waals surface area (Å²) >= 11 is 0. The van der Waals surface area contributed by atoms with Crippen molar-refractivity contribution in [1.29, 1.82) is 0 Å². The van der Waals surface area contributed by atoms with Crippen molar-refractivity contribution >= 4 is 17.9 Å². The zero-order chi connectivity index (χ0) is 16.0. The maximum absolute atomic E-state index is 11.6. The first kappa shape index (κ1) is 18.1. The Morgan fingerprint density at radius 3 is 2.20 bits per heavy atom. The largest absolute Gasteiger partial charge is 0.481 e. The first-order chi connectivity index (χ1) is 9.04. The van der Waals surface area contributed by atoms with Gasteiger partial charge in [0.2, 0.25) is 5.91 Å². The summed E-state index contributed by atoms with van der Waals surface area (Å²) in [6.45, 7) is 10.0. The van der Waals surface area contributed by atoms with E-state index in [-0.39, 0.29) is 13.1 Å². The number of carboxylic acids is 1. The highest BCUT2D eigenvalue weighted by atomic mass is 16.4. The van der Waals surface area contributed by atoms with Crippen molar-refractivity contribution in [2.75, 3.05) is 13.1 Å². The summed E-state index contributed by atoms with van der Waals surface area (Å²) in [5, 5.41) is 16.5. The summed E-state index contributed by atoms with van der Waals surface area (Å²) in [6.07, 6.45) is 1.49. The molecule has 0 aromatic rings. The number of hydrogen-bond donors (Lipinski definition) is 4. The topological polar surface area (TPSA) is 108 Å². The standard InChI is InChI=1S/C13H23N3O4/c1-6-7-14-11(20)16-9(17)8-15-13(4,5)12(2,3)10(18)19/h6,15H,1,7-8H2,2-5H3,(H,18,19)(H2,14,16,17,20). The van der Waals surface area contributed by atoms with Crippen LogP contribution < -0.4 is 16.0 Å². The van der Waals surface area contributed by atoms with Gasteiger partial charge in [-0.2, -0.15) is 0 Å². The predicted molar refractivity (Wildman–Crippen MR) is 75.2 cm³/mol. The molecule has 0 saturated carbocycles. The Balaban J connectivity index is 4.40. The molecule has 0 rings (SSSR count). The molecule has 0 atom stereocenters. The van der Waals surface area contributed by atoms with E-state index in [1.54, 1.807) is 27.7 Å². The number of aliphatic carboxylic acids is 1. The normalized spacial score (nSPS) is 11.6. The van der Waals surface area contributed by atoms with Gasteiger partial charge in [-0.3, -0.25) is 14.9 Å². The fourth-order valence-corrected chi connectivity index (χ4v) is 1.17. The number of nitrogens with one attached hydrogen (secondary N) is 3. The quantitative estimate of drug-likeness (QED) is 0.509. The van der Waals surface area contributed by atoms with Crippen molar-refractivity contribution in [3.63, 3.8) is 0 Å². The van der Waals surface area contributed by atoms with Crippen LogP contribution in [0.15, 0.2) is 12.7 Å². The van der Waals surface area contributed by atoms with Gasteiger partial charge in [-0.25, -0.2) is 4.79 Å². The molecule has 4 N–H and O–H groups in total. The molecular weight excluding hydrogens is 262 g/mol. The van der Waals surface area contributed by atoms with Crippen LogP contribution in [-0.2, 0) is 9.59 Å². The van der Waals surface area contributed by atoms with Crippen LogP contribution in [0.25, 0.3) is 0 Å². The van der Waals surface area contributed by atoms with Crippen LogP contribution in [0.2, 0.25) is 0 Å². The molecule has 0 bridgehead atoms. The molecule has 7 nitrogen and oxygen atoms in total. The molecule has 7 heteroatoms. The second-order valence-corrected chi connectivity index (χ2v) is 5.46. The number of rotatable bonds is 7. The van der Waals surface area contributed by atoms with Crippen LogP contribution in [0.3, 0.4) is 0 Å². The molecule has 0 saturated heterocycles. The SMILES string of the molecule is C=CCNC(=O)NC(=O)CNC(C)(C)C(C)(C)C(=O)O. The van der Waals surface area contributed by atoms with E-state index in [0.717, 1.165) is 0 Å². The van der Waals surface area contributed by atoms with Crippen molar-refractivity contribution < 1.29 is 19.5 Å². The predicted octanol–water partition coefficient (Wildman–Crippen LogP) is 0.477. The highest BCUT2D eigenvalue weighted by Crippen LogP contribution is 2.30. The zero-order valence-electron chi connectivity index (χ0n) is 12.4. The van der Waals surface area contributed by atoms with Crippen LogP contribution in [0.5, 0.6) is 0 Å². The molecule has 0 aliphatic rings. The average molecular weight is 285 g/mol. The highest BCUT2D eigenvalue weighted by Gasteiger charge is 2.43. The summed E-state index contributed by atoms with van der Waals surface area (Å²) < 4.78 is 0. The molecule has 0 aromatic heterocycles. The number of amides is 3. The number of carbonyl (C=O) groups excluding carboxylic acids is 2. The van der Waals surface area contributed by atoms with Gasteiger partial charge in [0.25, 0.3) is 0 Å². The van der Waals surface area contributed by atoms with Crippen LogP contribution >= 0.6 is 0 Å². The van der Waals surface area contributed by atoms with Gasteiger partial charge in [-0.1, -0.05) is 6.08 Å². The second kappa shape index (κ2) is 7.04. The van der Waals surface area contributed by atoms with E-state index in [1.165, 1.54) is 6.08 Å². The minimum absolute atomic E-state index is 0.161. The maximum atomic E-state index is 11.6. The third-order valence-corrected chi connectivity index (χ3v) is 3.45. The van der Waals surface area contributed by atoms with Gasteiger partial charge in [0, 0.05) is 12.1 Å². The first-order valence-electron chi connectivity index (χ1n) is 6.21. The van der Waals surface area contributed by atoms with E-state index in [1.807, 2.05) is 0 Å². The van der Waals surface area contributed by atoms with Crippen molar-refractivity contribution in [2.24, 2.45) is 5.41 Å². The van der Waals surface area contributed by atoms with Gasteiger partial charge in [0.05, 0.1) is 12.0 Å². The summed E-state index contributed by atoms with van der Waals surface area (Å²) in [7, 11) is 0. The third kappa shape index (κ3) is 5.00. The smallest absolute Gasteiger partial charge is 0.321 e. The van der Waals surface area contributed by atoms with Crippen LogP contribution in [-0.4, -0.2) is 41.6 Å². The molecule has 3 amide bonds. The van der Waals surface area contributed by atoms with Gasteiger partial charge in [-0.15, -0.1) is 6.58 Å². The Labute approximate surface area is 118 Å². The van der Waals surface area contributed by atoms with E-state index in [4.69, 9.17) is 0 Å². The molecule has 0 radical (unpaired) electrons. The van der Waals surface area contributed by atoms with E-state index >= 15 is 0 Å². The second-order valence-electron chi connectivity index (χ2n) is 5.46. The summed E-state index contributed by atoms with van der Waals surface area (Å²) in [6, 6.07) is -0.619. The van der Waals surface area contributed by atoms with E-state index in [9.17, 15) is 19.5 Å². The fraction of sp³-hybridized carbons (Fsp3) is 0.615. The minimum Gasteiger partial charge on any atom is -0.481 e. The monoisotopic (exact) mass is 285 g/mol. The number of carbonyl (C=O) groups is 3. The Kier molecular flexibility index (Phi) is 6.38. The molecule has 114 valence electrons. The lowest BCUT2D eigenvalue weighted by molar-refractivity contribution is -0.151. The Morgan fingerprint density at radius 1 is 1.20 bits per heavy atom. The van der Waals surface area contributed by atoms with Crippen molar-refractivity contribution in [3.05, 3.63) is 12.7 Å². The molecule has 0 aliphatic carbocycles. The molecular formula is C13H23N3O4. The molecule has 0 spiro atoms. The fourth-order valence-electron chi connectivity index (χ4n) is 1.17. The zero-order valence-corrected chi connectivity index (χ0v) is 12.4. The first-order valence-corrected chi connectivity index (χ1v) is 6.21. The van der Waals surface area contributed by atoms with Crippen molar-refractivity contribution in [2.45, 2.75) is 33.2 Å². The van der Waals surface area contributed by atoms with E-state index < -0.39 is 28.9 Å². The molecule has 20 heavy (non-hydrogen) atoms. The Bertz CT molecular complexity index is 402. The van der Waals surface area contributed by atoms with Gasteiger partial charge >= 0.3 is 12.0 Å². The van der Waals surface area contributed by atoms with Crippen molar-refractivity contribution in [1.82, 2.24) is 16.0 Å². The lowest BCUT2D eigenvalue weighted by Gasteiger charge is -2.38. The van der Waals surface area contributed by atoms with E-state index in [2.05, 4.69) is 22.5 Å². The minimum atomic E-state index is -1.07. The molecule has 0 heterocycles. The van der Waals surface area contributed by atoms with Gasteiger partial charge < -0.3 is 15.7 Å². The third-order valence-electron chi connectivity index (χ3n) is 3.45. The Hall–Kier alpha value is -1.89. The Morgan fingerprint density at radius 2 is 1.75 bits per heavy atom. The van der Waals surface area contributed by atoms with E-state index in [0.29, 0.717) is 0 Å². The number of imide groups is 1. The number of hydrogen-bond acceptors (Lipinski definition) is 4. The lowest BCUT2D eigenvalue weighted by atomic mass is 9.74. The molecule has 0 unspecified atom stereocenters. The molecule has 0 fully saturated rings. The van der Waals surface area contributed by atoms with Crippen molar-refractivity contribution in [3.8, 4) is 0 Å². The average Bonchev–Trinajstić information content (AvgIpc) is 2.33. The van der Waals surface area contributed by atoms with Gasteiger partial charge in [0.15, 0.2) is 0 Å². The van der Waals surface area contributed by atoms with Gasteiger partial charge in [-0.05, 0) is 27.7 Å². The highest BCUT2D eigenvalue weighted by molar-refractivity contribution is 5.95. The molecule has 0 aromatic carbocycles. The van der Waals surface area contributed by atoms with Crippen LogP contribution in [0.4, 0.5) is 4.79 Å². The summed E-state index contributed by atoms with van der Waals surface area (Å²) in [5.74, 6) is -1.51.